The van der Waals surface area contributed by atoms with E-state index in [-0.39, 0.29) is 40.1 Å². The van der Waals surface area contributed by atoms with Crippen LogP contribution < -0.4 is 4.90 Å². The van der Waals surface area contributed by atoms with Crippen molar-refractivity contribution in [2.45, 2.75) is 60.3 Å². The monoisotopic (exact) mass is 429 g/mol. The summed E-state index contributed by atoms with van der Waals surface area (Å²) >= 11 is 1.05. The second kappa shape index (κ2) is 10.1. The first-order valence-corrected chi connectivity index (χ1v) is 11.2. The second-order valence-corrected chi connectivity index (χ2v) is 10.0. The molecule has 1 N–H and O–H groups in total. The Balaban J connectivity index is 2.46. The Labute approximate surface area is 183 Å². The molecule has 1 aliphatic carbocycles. The van der Waals surface area contributed by atoms with Crippen LogP contribution in [-0.4, -0.2) is 29.3 Å². The third kappa shape index (κ3) is 6.56. The molecule has 6 heteroatoms. The summed E-state index contributed by atoms with van der Waals surface area (Å²) in [6, 6.07) is 1.64. The van der Waals surface area contributed by atoms with Crippen molar-refractivity contribution in [1.82, 2.24) is 0 Å². The zero-order chi connectivity index (χ0) is 22.5. The van der Waals surface area contributed by atoms with Crippen LogP contribution in [0, 0.1) is 29.1 Å². The van der Waals surface area contributed by atoms with Crippen LogP contribution in [0.5, 0.6) is 0 Å². The van der Waals surface area contributed by atoms with Gasteiger partial charge in [0.1, 0.15) is 4.88 Å². The van der Waals surface area contributed by atoms with E-state index in [4.69, 9.17) is 0 Å². The number of hydrogen-bond donors (Lipinski definition) is 1. The highest BCUT2D eigenvalue weighted by Gasteiger charge is 2.32. The van der Waals surface area contributed by atoms with Crippen molar-refractivity contribution < 1.29 is 19.5 Å². The zero-order valence-corrected chi connectivity index (χ0v) is 19.3. The van der Waals surface area contributed by atoms with Crippen LogP contribution in [0.4, 0.5) is 5.69 Å². The van der Waals surface area contributed by atoms with Crippen molar-refractivity contribution >= 4 is 34.7 Å². The van der Waals surface area contributed by atoms with E-state index >= 15 is 0 Å². The third-order valence-corrected chi connectivity index (χ3v) is 6.08. The van der Waals surface area contributed by atoms with Crippen molar-refractivity contribution in [3.05, 3.63) is 28.0 Å². The number of allylic oxidation sites excluding steroid dienone is 1. The van der Waals surface area contributed by atoms with Crippen molar-refractivity contribution in [1.29, 1.82) is 0 Å². The van der Waals surface area contributed by atoms with Gasteiger partial charge in [0.2, 0.25) is 5.91 Å². The lowest BCUT2D eigenvalue weighted by Gasteiger charge is -2.30. The van der Waals surface area contributed by atoms with E-state index in [1.165, 1.54) is 11.0 Å². The van der Waals surface area contributed by atoms with Crippen LogP contribution in [0.25, 0.3) is 0 Å². The molecule has 0 saturated heterocycles. The number of carbonyl (C=O) groups is 3. The predicted octanol–water partition coefficient (Wildman–Crippen LogP) is 5.15. The number of ketones is 1. The van der Waals surface area contributed by atoms with E-state index in [2.05, 4.69) is 18.8 Å². The van der Waals surface area contributed by atoms with Gasteiger partial charge in [-0.15, -0.1) is 11.3 Å². The Morgan fingerprint density at radius 1 is 1.23 bits per heavy atom. The summed E-state index contributed by atoms with van der Waals surface area (Å²) in [6.07, 6.45) is 6.49. The standard InChI is InChI=1S/C24H31NO4S/c1-6-7-18(26)15-25(22(27)17-10-8-16(2)9-11-17)20-14-19(12-13-24(3,4)5)30-21(20)23(28)29/h6-7,14,16-17H,8-11,15H2,1-5H3,(H,28,29)/b7-6-. The van der Waals surface area contributed by atoms with Gasteiger partial charge in [-0.3, -0.25) is 9.59 Å². The highest BCUT2D eigenvalue weighted by Crippen LogP contribution is 2.35. The van der Waals surface area contributed by atoms with Gasteiger partial charge in [-0.1, -0.05) is 24.8 Å². The molecule has 1 amide bonds. The van der Waals surface area contributed by atoms with Gasteiger partial charge in [-0.25, -0.2) is 4.79 Å². The Hall–Kier alpha value is -2.39. The first-order chi connectivity index (χ1) is 14.0. The van der Waals surface area contributed by atoms with Gasteiger partial charge >= 0.3 is 5.97 Å². The van der Waals surface area contributed by atoms with Gasteiger partial charge in [0, 0.05) is 11.3 Å². The minimum absolute atomic E-state index is 0.0408. The van der Waals surface area contributed by atoms with E-state index in [1.54, 1.807) is 19.1 Å². The normalized spacial score (nSPS) is 19.2. The summed E-state index contributed by atoms with van der Waals surface area (Å²) in [4.78, 5) is 39.6. The summed E-state index contributed by atoms with van der Waals surface area (Å²) < 4.78 is 0. The smallest absolute Gasteiger partial charge is 0.348 e. The first kappa shape index (κ1) is 23.9. The lowest BCUT2D eigenvalue weighted by atomic mass is 9.82. The first-order valence-electron chi connectivity index (χ1n) is 10.4. The minimum atomic E-state index is -1.12. The highest BCUT2D eigenvalue weighted by atomic mass is 32.1. The fraction of sp³-hybridized carbons (Fsp3) is 0.542. The number of thiophene rings is 1. The van der Waals surface area contributed by atoms with E-state index in [9.17, 15) is 19.5 Å². The van der Waals surface area contributed by atoms with E-state index in [1.807, 2.05) is 20.8 Å². The molecule has 1 aliphatic rings. The third-order valence-electron chi connectivity index (χ3n) is 5.06. The lowest BCUT2D eigenvalue weighted by Crippen LogP contribution is -2.41. The summed E-state index contributed by atoms with van der Waals surface area (Å²) in [5.74, 6) is 5.00. The van der Waals surface area contributed by atoms with Crippen LogP contribution in [0.1, 0.15) is 74.9 Å². The molecule has 1 aromatic rings. The zero-order valence-electron chi connectivity index (χ0n) is 18.4. The van der Waals surface area contributed by atoms with Gasteiger partial charge in [-0.2, -0.15) is 0 Å². The molecule has 1 aromatic heterocycles. The summed E-state index contributed by atoms with van der Waals surface area (Å²) in [6.45, 7) is 9.67. The molecular formula is C24H31NO4S. The molecule has 0 aliphatic heterocycles. The lowest BCUT2D eigenvalue weighted by molar-refractivity contribution is -0.125. The van der Waals surface area contributed by atoms with Gasteiger partial charge in [0.05, 0.1) is 17.1 Å². The molecule has 0 radical (unpaired) electrons. The molecule has 0 spiro atoms. The number of carboxylic acid groups (broad SMARTS) is 1. The van der Waals surface area contributed by atoms with Crippen LogP contribution in [0.2, 0.25) is 0 Å². The average molecular weight is 430 g/mol. The van der Waals surface area contributed by atoms with Crippen LogP contribution in [0.3, 0.4) is 0 Å². The minimum Gasteiger partial charge on any atom is -0.477 e. The maximum absolute atomic E-state index is 13.4. The predicted molar refractivity (Wildman–Crippen MR) is 121 cm³/mol. The van der Waals surface area contributed by atoms with Gasteiger partial charge in [0.15, 0.2) is 5.78 Å². The van der Waals surface area contributed by atoms with Crippen molar-refractivity contribution in [2.75, 3.05) is 11.4 Å². The molecule has 5 nitrogen and oxygen atoms in total. The Morgan fingerprint density at radius 2 is 1.87 bits per heavy atom. The Kier molecular flexibility index (Phi) is 8.03. The molecule has 162 valence electrons. The number of carbonyl (C=O) groups excluding carboxylic acids is 2. The molecule has 0 aromatic carbocycles. The van der Waals surface area contributed by atoms with Crippen LogP contribution >= 0.6 is 11.3 Å². The topological polar surface area (TPSA) is 74.7 Å². The number of rotatable bonds is 6. The van der Waals surface area contributed by atoms with Crippen LogP contribution in [-0.2, 0) is 9.59 Å². The van der Waals surface area contributed by atoms with E-state index < -0.39 is 5.97 Å². The molecular weight excluding hydrogens is 398 g/mol. The number of nitrogens with zero attached hydrogens (tertiary/aromatic N) is 1. The fourth-order valence-electron chi connectivity index (χ4n) is 3.45. The molecule has 30 heavy (non-hydrogen) atoms. The largest absolute Gasteiger partial charge is 0.477 e. The molecule has 1 fully saturated rings. The van der Waals surface area contributed by atoms with E-state index in [0.717, 1.165) is 37.0 Å². The quantitative estimate of drug-likeness (QED) is 0.501. The second-order valence-electron chi connectivity index (χ2n) is 8.98. The van der Waals surface area contributed by atoms with E-state index in [0.29, 0.717) is 10.8 Å². The van der Waals surface area contributed by atoms with Gasteiger partial charge in [0.25, 0.3) is 0 Å². The average Bonchev–Trinajstić information content (AvgIpc) is 3.09. The van der Waals surface area contributed by atoms with Gasteiger partial charge in [-0.05, 0) is 71.4 Å². The molecule has 1 saturated carbocycles. The van der Waals surface area contributed by atoms with Crippen LogP contribution in [0.15, 0.2) is 18.2 Å². The number of anilines is 1. The number of hydrogen-bond acceptors (Lipinski definition) is 4. The molecule has 2 rings (SSSR count). The van der Waals surface area contributed by atoms with Crippen molar-refractivity contribution in [3.63, 3.8) is 0 Å². The number of aromatic carboxylic acids is 1. The number of carboxylic acids is 1. The Morgan fingerprint density at radius 3 is 2.40 bits per heavy atom. The summed E-state index contributed by atoms with van der Waals surface area (Å²) in [5.41, 5.74) is 0.0381. The van der Waals surface area contributed by atoms with Crippen molar-refractivity contribution in [2.24, 2.45) is 17.3 Å². The highest BCUT2D eigenvalue weighted by molar-refractivity contribution is 7.15. The molecule has 0 bridgehead atoms. The maximum atomic E-state index is 13.4. The molecule has 1 heterocycles. The maximum Gasteiger partial charge on any atom is 0.348 e. The summed E-state index contributed by atoms with van der Waals surface area (Å²) in [7, 11) is 0. The fourth-order valence-corrected chi connectivity index (χ4v) is 4.30. The molecule has 0 unspecified atom stereocenters. The summed E-state index contributed by atoms with van der Waals surface area (Å²) in [5, 5.41) is 9.75. The number of amides is 1. The van der Waals surface area contributed by atoms with Gasteiger partial charge < -0.3 is 10.0 Å². The van der Waals surface area contributed by atoms with Crippen molar-refractivity contribution in [3.8, 4) is 11.8 Å². The Bertz CT molecular complexity index is 887. The SMILES string of the molecule is C/C=C\C(=O)CN(C(=O)C1CCC(C)CC1)c1cc(C#CC(C)(C)C)sc1C(=O)O. The molecule has 0 atom stereocenters.